The van der Waals surface area contributed by atoms with E-state index in [0.29, 0.717) is 13.1 Å². The Morgan fingerprint density at radius 1 is 0.970 bits per heavy atom. The first-order valence-electron chi connectivity index (χ1n) is 10.8. The van der Waals surface area contributed by atoms with Crippen LogP contribution in [0.15, 0.2) is 48.5 Å². The SMILES string of the molecule is O=C(O)COC1CN(C(=O)COCCNC(=O)OCC2c3ccccc3-c3ccccc32)C1. The smallest absolute Gasteiger partial charge is 0.407 e. The molecule has 1 saturated heterocycles. The van der Waals surface area contributed by atoms with Crippen LogP contribution in [0.3, 0.4) is 0 Å². The molecule has 9 nitrogen and oxygen atoms in total. The molecule has 2 N–H and O–H groups in total. The van der Waals surface area contributed by atoms with Crippen LogP contribution in [0.2, 0.25) is 0 Å². The number of alkyl carbamates (subject to hydrolysis) is 1. The molecule has 2 amide bonds. The summed E-state index contributed by atoms with van der Waals surface area (Å²) in [6, 6.07) is 16.3. The van der Waals surface area contributed by atoms with Crippen LogP contribution in [-0.2, 0) is 23.8 Å². The number of benzene rings is 2. The van der Waals surface area contributed by atoms with Crippen molar-refractivity contribution in [1.82, 2.24) is 10.2 Å². The zero-order valence-corrected chi connectivity index (χ0v) is 18.1. The van der Waals surface area contributed by atoms with Gasteiger partial charge in [-0.2, -0.15) is 0 Å². The number of hydrogen-bond acceptors (Lipinski definition) is 6. The van der Waals surface area contributed by atoms with E-state index >= 15 is 0 Å². The van der Waals surface area contributed by atoms with E-state index in [2.05, 4.69) is 29.6 Å². The van der Waals surface area contributed by atoms with Crippen LogP contribution in [0.4, 0.5) is 4.79 Å². The van der Waals surface area contributed by atoms with E-state index < -0.39 is 12.1 Å². The van der Waals surface area contributed by atoms with Gasteiger partial charge in [0.25, 0.3) is 0 Å². The molecule has 33 heavy (non-hydrogen) atoms. The van der Waals surface area contributed by atoms with E-state index in [1.165, 1.54) is 16.0 Å². The highest BCUT2D eigenvalue weighted by Gasteiger charge is 2.31. The van der Waals surface area contributed by atoms with Gasteiger partial charge in [0.15, 0.2) is 0 Å². The monoisotopic (exact) mass is 454 g/mol. The normalized spacial score (nSPS) is 14.8. The third-order valence-corrected chi connectivity index (χ3v) is 5.73. The van der Waals surface area contributed by atoms with Gasteiger partial charge in [0.2, 0.25) is 5.91 Å². The summed E-state index contributed by atoms with van der Waals surface area (Å²) in [5.74, 6) is -1.24. The molecule has 2 aromatic carbocycles. The molecule has 1 aliphatic carbocycles. The number of amides is 2. The molecule has 0 spiro atoms. The summed E-state index contributed by atoms with van der Waals surface area (Å²) in [6.45, 7) is 0.847. The minimum absolute atomic E-state index is 0.00291. The Hall–Kier alpha value is -3.43. The zero-order chi connectivity index (χ0) is 23.2. The van der Waals surface area contributed by atoms with Crippen molar-refractivity contribution in [1.29, 1.82) is 0 Å². The highest BCUT2D eigenvalue weighted by Crippen LogP contribution is 2.44. The number of fused-ring (bicyclic) bond motifs is 3. The van der Waals surface area contributed by atoms with Gasteiger partial charge in [-0.1, -0.05) is 48.5 Å². The number of rotatable bonds is 10. The minimum atomic E-state index is -1.04. The van der Waals surface area contributed by atoms with Crippen molar-refractivity contribution < 1.29 is 33.7 Å². The summed E-state index contributed by atoms with van der Waals surface area (Å²) in [4.78, 5) is 36.1. The standard InChI is InChI=1S/C24H26N2O7/c27-22(26-11-16(12-26)32-15-23(28)29)14-31-10-9-25-24(30)33-13-21-19-7-3-1-5-17(19)18-6-2-4-8-20(18)21/h1-8,16,21H,9-15H2,(H,25,30)(H,28,29). The molecule has 0 radical (unpaired) electrons. The van der Waals surface area contributed by atoms with Gasteiger partial charge in [-0.05, 0) is 22.3 Å². The molecule has 2 aromatic rings. The van der Waals surface area contributed by atoms with Gasteiger partial charge in [-0.25, -0.2) is 9.59 Å². The number of likely N-dealkylation sites (tertiary alicyclic amines) is 1. The number of hydrogen-bond donors (Lipinski definition) is 2. The number of carboxylic acid groups (broad SMARTS) is 1. The number of aliphatic carboxylic acids is 1. The maximum absolute atomic E-state index is 12.1. The summed E-state index contributed by atoms with van der Waals surface area (Å²) in [6.07, 6.45) is -0.784. The molecule has 174 valence electrons. The molecule has 1 aliphatic heterocycles. The Morgan fingerprint density at radius 2 is 1.61 bits per heavy atom. The van der Waals surface area contributed by atoms with Crippen molar-refractivity contribution in [2.75, 3.05) is 46.1 Å². The average Bonchev–Trinajstić information content (AvgIpc) is 3.10. The van der Waals surface area contributed by atoms with E-state index in [-0.39, 0.29) is 50.9 Å². The van der Waals surface area contributed by atoms with Gasteiger partial charge in [0.1, 0.15) is 19.8 Å². The summed E-state index contributed by atoms with van der Waals surface area (Å²) in [7, 11) is 0. The second-order valence-corrected chi connectivity index (χ2v) is 7.93. The van der Waals surface area contributed by atoms with Crippen LogP contribution in [-0.4, -0.2) is 80.1 Å². The third-order valence-electron chi connectivity index (χ3n) is 5.73. The molecule has 1 fully saturated rings. The fourth-order valence-corrected chi connectivity index (χ4v) is 4.06. The molecular formula is C24H26N2O7. The summed E-state index contributed by atoms with van der Waals surface area (Å²) in [5.41, 5.74) is 4.63. The summed E-state index contributed by atoms with van der Waals surface area (Å²) >= 11 is 0. The topological polar surface area (TPSA) is 114 Å². The van der Waals surface area contributed by atoms with Crippen LogP contribution in [0.1, 0.15) is 17.0 Å². The van der Waals surface area contributed by atoms with Gasteiger partial charge in [-0.3, -0.25) is 4.79 Å². The van der Waals surface area contributed by atoms with Gasteiger partial charge >= 0.3 is 12.1 Å². The maximum Gasteiger partial charge on any atom is 0.407 e. The van der Waals surface area contributed by atoms with E-state index in [0.717, 1.165) is 11.1 Å². The Kier molecular flexibility index (Phi) is 7.21. The molecule has 0 atom stereocenters. The van der Waals surface area contributed by atoms with Crippen LogP contribution in [0, 0.1) is 0 Å². The van der Waals surface area contributed by atoms with Crippen molar-refractivity contribution in [2.45, 2.75) is 12.0 Å². The molecule has 9 heteroatoms. The van der Waals surface area contributed by atoms with E-state index in [1.54, 1.807) is 0 Å². The quantitative estimate of drug-likeness (QED) is 0.527. The number of nitrogens with one attached hydrogen (secondary N) is 1. The van der Waals surface area contributed by atoms with Gasteiger partial charge in [0, 0.05) is 25.6 Å². The van der Waals surface area contributed by atoms with Crippen molar-refractivity contribution in [3.05, 3.63) is 59.7 Å². The highest BCUT2D eigenvalue weighted by atomic mass is 16.5. The number of carbonyl (C=O) groups excluding carboxylic acids is 2. The second kappa shape index (κ2) is 10.5. The lowest BCUT2D eigenvalue weighted by Gasteiger charge is -2.38. The molecule has 0 aromatic heterocycles. The Morgan fingerprint density at radius 3 is 2.24 bits per heavy atom. The van der Waals surface area contributed by atoms with Crippen LogP contribution >= 0.6 is 0 Å². The molecule has 0 bridgehead atoms. The van der Waals surface area contributed by atoms with E-state index in [1.807, 2.05) is 24.3 Å². The summed E-state index contributed by atoms with van der Waals surface area (Å²) < 4.78 is 15.9. The fourth-order valence-electron chi connectivity index (χ4n) is 4.06. The Labute approximate surface area is 191 Å². The third kappa shape index (κ3) is 5.50. The zero-order valence-electron chi connectivity index (χ0n) is 18.1. The van der Waals surface area contributed by atoms with Gasteiger partial charge in [-0.15, -0.1) is 0 Å². The number of nitrogens with zero attached hydrogens (tertiary/aromatic N) is 1. The Bertz CT molecular complexity index is 974. The van der Waals surface area contributed by atoms with E-state index in [9.17, 15) is 14.4 Å². The number of ether oxygens (including phenoxy) is 3. The average molecular weight is 454 g/mol. The van der Waals surface area contributed by atoms with Crippen molar-refractivity contribution in [3.63, 3.8) is 0 Å². The molecular weight excluding hydrogens is 428 g/mol. The molecule has 2 aliphatic rings. The maximum atomic E-state index is 12.1. The first kappa shape index (κ1) is 22.8. The molecule has 0 saturated carbocycles. The molecule has 4 rings (SSSR count). The van der Waals surface area contributed by atoms with Crippen LogP contribution in [0.5, 0.6) is 0 Å². The summed E-state index contributed by atoms with van der Waals surface area (Å²) in [5, 5.41) is 11.2. The second-order valence-electron chi connectivity index (χ2n) is 7.93. The fraction of sp³-hybridized carbons (Fsp3) is 0.375. The largest absolute Gasteiger partial charge is 0.480 e. The molecule has 1 heterocycles. The number of carboxylic acids is 1. The molecule has 0 unspecified atom stereocenters. The lowest BCUT2D eigenvalue weighted by atomic mass is 9.98. The van der Waals surface area contributed by atoms with Gasteiger partial charge < -0.3 is 29.5 Å². The van der Waals surface area contributed by atoms with Crippen LogP contribution in [0.25, 0.3) is 11.1 Å². The Balaban J connectivity index is 1.12. The highest BCUT2D eigenvalue weighted by molar-refractivity contribution is 5.79. The minimum Gasteiger partial charge on any atom is -0.480 e. The lowest BCUT2D eigenvalue weighted by Crippen LogP contribution is -2.56. The first-order valence-corrected chi connectivity index (χ1v) is 10.8. The van der Waals surface area contributed by atoms with Crippen molar-refractivity contribution in [3.8, 4) is 11.1 Å². The predicted molar refractivity (Wildman–Crippen MR) is 118 cm³/mol. The van der Waals surface area contributed by atoms with Gasteiger partial charge in [0.05, 0.1) is 12.7 Å². The lowest BCUT2D eigenvalue weighted by molar-refractivity contribution is -0.156. The van der Waals surface area contributed by atoms with E-state index in [4.69, 9.17) is 19.3 Å². The van der Waals surface area contributed by atoms with Crippen molar-refractivity contribution >= 4 is 18.0 Å². The van der Waals surface area contributed by atoms with Crippen molar-refractivity contribution in [2.24, 2.45) is 0 Å². The predicted octanol–water partition coefficient (Wildman–Crippen LogP) is 1.85. The number of carbonyl (C=O) groups is 3. The van der Waals surface area contributed by atoms with Crippen LogP contribution < -0.4 is 5.32 Å². The first-order chi connectivity index (χ1) is 16.0.